The maximum Gasteiger partial charge on any atom is 0.00791 e. The second-order valence-corrected chi connectivity index (χ2v) is 5.94. The maximum absolute atomic E-state index is 3.62. The van der Waals surface area contributed by atoms with E-state index in [4.69, 9.17) is 0 Å². The summed E-state index contributed by atoms with van der Waals surface area (Å²) in [7, 11) is 0. The quantitative estimate of drug-likeness (QED) is 0.638. The molecule has 0 fully saturated rings. The minimum atomic E-state index is 0.582. The van der Waals surface area contributed by atoms with E-state index >= 15 is 0 Å². The molecule has 102 valence electrons. The highest BCUT2D eigenvalue weighted by Gasteiger charge is 2.01. The van der Waals surface area contributed by atoms with Gasteiger partial charge in [0.15, 0.2) is 0 Å². The fraction of sp³-hybridized carbons (Fsp3) is 0.625. The number of thioether (sulfide) groups is 1. The van der Waals surface area contributed by atoms with Crippen molar-refractivity contribution >= 4 is 11.8 Å². The van der Waals surface area contributed by atoms with Gasteiger partial charge in [0, 0.05) is 6.04 Å². The van der Waals surface area contributed by atoms with Gasteiger partial charge in [-0.3, -0.25) is 0 Å². The third-order valence-electron chi connectivity index (χ3n) is 3.15. The van der Waals surface area contributed by atoms with E-state index in [1.807, 2.05) is 11.8 Å². The van der Waals surface area contributed by atoms with Gasteiger partial charge in [-0.1, -0.05) is 43.2 Å². The third-order valence-corrected chi connectivity index (χ3v) is 3.85. The summed E-state index contributed by atoms with van der Waals surface area (Å²) in [5, 5.41) is 3.62. The van der Waals surface area contributed by atoms with Crippen LogP contribution in [0.2, 0.25) is 0 Å². The van der Waals surface area contributed by atoms with E-state index in [1.165, 1.54) is 37.0 Å². The molecular weight excluding hydrogens is 238 g/mol. The zero-order valence-electron chi connectivity index (χ0n) is 11.8. The molecule has 1 nitrogen and oxygen atoms in total. The van der Waals surface area contributed by atoms with E-state index in [-0.39, 0.29) is 0 Å². The Morgan fingerprint density at radius 2 is 1.78 bits per heavy atom. The molecule has 0 aliphatic rings. The zero-order valence-corrected chi connectivity index (χ0v) is 12.6. The van der Waals surface area contributed by atoms with Gasteiger partial charge in [-0.05, 0) is 50.3 Å². The average molecular weight is 265 g/mol. The van der Waals surface area contributed by atoms with E-state index in [0.717, 1.165) is 13.0 Å². The van der Waals surface area contributed by atoms with Gasteiger partial charge < -0.3 is 5.32 Å². The van der Waals surface area contributed by atoms with Crippen LogP contribution in [0.25, 0.3) is 0 Å². The van der Waals surface area contributed by atoms with E-state index in [2.05, 4.69) is 48.8 Å². The molecule has 0 saturated heterocycles. The summed E-state index contributed by atoms with van der Waals surface area (Å²) in [6.45, 7) is 3.44. The molecule has 0 bridgehead atoms. The third kappa shape index (κ3) is 7.78. The highest BCUT2D eigenvalue weighted by molar-refractivity contribution is 7.98. The van der Waals surface area contributed by atoms with Gasteiger partial charge >= 0.3 is 0 Å². The number of hydrogen-bond donors (Lipinski definition) is 1. The largest absolute Gasteiger partial charge is 0.314 e. The lowest BCUT2D eigenvalue weighted by molar-refractivity contribution is 0.518. The Morgan fingerprint density at radius 1 is 1.06 bits per heavy atom. The summed E-state index contributed by atoms with van der Waals surface area (Å²) < 4.78 is 0. The van der Waals surface area contributed by atoms with Gasteiger partial charge in [0.2, 0.25) is 0 Å². The highest BCUT2D eigenvalue weighted by atomic mass is 32.2. The van der Waals surface area contributed by atoms with Crippen LogP contribution >= 0.6 is 11.8 Å². The normalized spacial score (nSPS) is 12.6. The molecule has 0 aliphatic carbocycles. The Morgan fingerprint density at radius 3 is 2.50 bits per heavy atom. The van der Waals surface area contributed by atoms with Crippen LogP contribution in [-0.2, 0) is 6.42 Å². The van der Waals surface area contributed by atoms with Crippen molar-refractivity contribution in [2.24, 2.45) is 0 Å². The van der Waals surface area contributed by atoms with Crippen LogP contribution in [0.4, 0.5) is 0 Å². The highest BCUT2D eigenvalue weighted by Crippen LogP contribution is 2.05. The monoisotopic (exact) mass is 265 g/mol. The summed E-state index contributed by atoms with van der Waals surface area (Å²) in [5.74, 6) is 1.32. The standard InChI is InChI=1S/C16H27NS/c1-15(14-16-10-6-5-7-11-16)17-12-8-3-4-9-13-18-2/h5-7,10-11,15,17H,3-4,8-9,12-14H2,1-2H3. The first-order valence-electron chi connectivity index (χ1n) is 7.09. The van der Waals surface area contributed by atoms with E-state index in [9.17, 15) is 0 Å². The second kappa shape index (κ2) is 10.5. The zero-order chi connectivity index (χ0) is 13.1. The Kier molecular flexibility index (Phi) is 9.05. The van der Waals surface area contributed by atoms with Crippen molar-refractivity contribution in [1.29, 1.82) is 0 Å². The van der Waals surface area contributed by atoms with Crippen LogP contribution in [0, 0.1) is 0 Å². The Bertz CT molecular complexity index is 286. The van der Waals surface area contributed by atoms with Gasteiger partial charge in [-0.25, -0.2) is 0 Å². The number of hydrogen-bond acceptors (Lipinski definition) is 2. The summed E-state index contributed by atoms with van der Waals surface area (Å²) in [5.41, 5.74) is 1.43. The smallest absolute Gasteiger partial charge is 0.00791 e. The minimum absolute atomic E-state index is 0.582. The van der Waals surface area contributed by atoms with E-state index in [0.29, 0.717) is 6.04 Å². The molecule has 0 amide bonds. The summed E-state index contributed by atoms with van der Waals surface area (Å²) in [4.78, 5) is 0. The van der Waals surface area contributed by atoms with Crippen molar-refractivity contribution in [2.75, 3.05) is 18.6 Å². The van der Waals surface area contributed by atoms with Crippen molar-refractivity contribution in [3.63, 3.8) is 0 Å². The van der Waals surface area contributed by atoms with Gasteiger partial charge in [0.25, 0.3) is 0 Å². The molecule has 1 unspecified atom stereocenters. The Balaban J connectivity index is 1.99. The van der Waals surface area contributed by atoms with Crippen molar-refractivity contribution in [3.05, 3.63) is 35.9 Å². The lowest BCUT2D eigenvalue weighted by Gasteiger charge is -2.13. The fourth-order valence-corrected chi connectivity index (χ4v) is 2.61. The van der Waals surface area contributed by atoms with Crippen molar-refractivity contribution in [3.8, 4) is 0 Å². The van der Waals surface area contributed by atoms with E-state index < -0.39 is 0 Å². The van der Waals surface area contributed by atoms with Gasteiger partial charge in [-0.15, -0.1) is 0 Å². The first kappa shape index (κ1) is 15.6. The van der Waals surface area contributed by atoms with Crippen molar-refractivity contribution in [1.82, 2.24) is 5.32 Å². The van der Waals surface area contributed by atoms with Gasteiger partial charge in [-0.2, -0.15) is 11.8 Å². The predicted octanol–water partition coefficient (Wildman–Crippen LogP) is 4.13. The first-order valence-corrected chi connectivity index (χ1v) is 8.48. The van der Waals surface area contributed by atoms with Crippen molar-refractivity contribution < 1.29 is 0 Å². The van der Waals surface area contributed by atoms with Crippen LogP contribution < -0.4 is 5.32 Å². The minimum Gasteiger partial charge on any atom is -0.314 e. The topological polar surface area (TPSA) is 12.0 Å². The van der Waals surface area contributed by atoms with Crippen LogP contribution in [-0.4, -0.2) is 24.6 Å². The second-order valence-electron chi connectivity index (χ2n) is 4.95. The summed E-state index contributed by atoms with van der Waals surface area (Å²) >= 11 is 1.96. The van der Waals surface area contributed by atoms with Gasteiger partial charge in [0.05, 0.1) is 0 Å². The molecule has 0 saturated carbocycles. The molecule has 1 rings (SSSR count). The van der Waals surface area contributed by atoms with E-state index in [1.54, 1.807) is 0 Å². The molecule has 0 aliphatic heterocycles. The molecule has 0 spiro atoms. The summed E-state index contributed by atoms with van der Waals surface area (Å²) in [6, 6.07) is 11.3. The van der Waals surface area contributed by atoms with Crippen molar-refractivity contribution in [2.45, 2.75) is 45.1 Å². The molecule has 18 heavy (non-hydrogen) atoms. The van der Waals surface area contributed by atoms with Gasteiger partial charge in [0.1, 0.15) is 0 Å². The Labute approximate surface area is 117 Å². The molecule has 1 aromatic rings. The van der Waals surface area contributed by atoms with Crippen LogP contribution in [0.1, 0.15) is 38.2 Å². The lowest BCUT2D eigenvalue weighted by atomic mass is 10.1. The summed E-state index contributed by atoms with van der Waals surface area (Å²) in [6.07, 6.45) is 8.76. The van der Waals surface area contributed by atoms with Crippen LogP contribution in [0.3, 0.4) is 0 Å². The fourth-order valence-electron chi connectivity index (χ4n) is 2.11. The molecule has 0 aromatic heterocycles. The lowest BCUT2D eigenvalue weighted by Crippen LogP contribution is -2.28. The number of rotatable bonds is 10. The molecule has 1 N–H and O–H groups in total. The predicted molar refractivity (Wildman–Crippen MR) is 84.5 cm³/mol. The van der Waals surface area contributed by atoms with Crippen LogP contribution in [0.5, 0.6) is 0 Å². The molecule has 0 heterocycles. The SMILES string of the molecule is CSCCCCCCNC(C)Cc1ccccc1. The average Bonchev–Trinajstić information content (AvgIpc) is 2.39. The molecule has 1 aromatic carbocycles. The molecular formula is C16H27NS. The molecule has 2 heteroatoms. The first-order chi connectivity index (χ1) is 8.83. The Hall–Kier alpha value is -0.470. The van der Waals surface area contributed by atoms with Crippen LogP contribution in [0.15, 0.2) is 30.3 Å². The molecule has 0 radical (unpaired) electrons. The maximum atomic E-state index is 3.62. The number of benzene rings is 1. The number of nitrogens with one attached hydrogen (secondary N) is 1. The molecule has 1 atom stereocenters. The number of unbranched alkanes of at least 4 members (excludes halogenated alkanes) is 3.